The zero-order chi connectivity index (χ0) is 25.4. The lowest BCUT2D eigenvalue weighted by atomic mass is 9.96. The number of rotatable bonds is 5. The third kappa shape index (κ3) is 3.87. The molecule has 0 spiro atoms. The van der Waals surface area contributed by atoms with Crippen LogP contribution in [0.1, 0.15) is 27.7 Å². The molecular formula is C26H21N7O2S. The number of nitrogens with one attached hydrogen (secondary N) is 2. The maximum absolute atomic E-state index is 13.2. The minimum Gasteiger partial charge on any atom is -0.397 e. The molecule has 0 fully saturated rings. The summed E-state index contributed by atoms with van der Waals surface area (Å²) in [6.07, 6.45) is 0.873. The van der Waals surface area contributed by atoms with Crippen LogP contribution in [0.5, 0.6) is 0 Å². The average Bonchev–Trinajstić information content (AvgIpc) is 3.42. The molecule has 0 radical (unpaired) electrons. The molecule has 5 rings (SSSR count). The molecular weight excluding hydrogens is 474 g/mol. The summed E-state index contributed by atoms with van der Waals surface area (Å²) in [5, 5.41) is 15.9. The number of carbonyl (C=O) groups excluding carboxylic acids is 1. The maximum atomic E-state index is 13.2. The lowest BCUT2D eigenvalue weighted by molar-refractivity contribution is 0.103. The first-order valence-electron chi connectivity index (χ1n) is 11.1. The SMILES string of the molecule is CCc1ccc(-c2c(C#N)c(N)nc3sc(C(=O)Nc4cc(=O)n(-c5ccccc5)[nH]4)c(N)c23)cc1. The molecule has 36 heavy (non-hydrogen) atoms. The van der Waals surface area contributed by atoms with Gasteiger partial charge in [0.25, 0.3) is 11.5 Å². The predicted octanol–water partition coefficient (Wildman–Crippen LogP) is 4.29. The molecule has 0 atom stereocenters. The molecule has 0 saturated carbocycles. The molecule has 1 amide bonds. The number of aryl methyl sites for hydroxylation is 1. The fourth-order valence-electron chi connectivity index (χ4n) is 4.06. The Kier molecular flexibility index (Phi) is 5.76. The van der Waals surface area contributed by atoms with Crippen LogP contribution in [0.15, 0.2) is 65.5 Å². The average molecular weight is 496 g/mol. The number of aromatic nitrogens is 3. The number of fused-ring (bicyclic) bond motifs is 1. The summed E-state index contributed by atoms with van der Waals surface area (Å²) in [7, 11) is 0. The molecule has 5 aromatic rings. The van der Waals surface area contributed by atoms with Crippen LogP contribution in [0, 0.1) is 11.3 Å². The number of pyridine rings is 1. The quantitative estimate of drug-likeness (QED) is 0.285. The molecule has 2 aromatic carbocycles. The van der Waals surface area contributed by atoms with Crippen molar-refractivity contribution in [2.24, 2.45) is 0 Å². The van der Waals surface area contributed by atoms with Crippen LogP contribution in [0.2, 0.25) is 0 Å². The molecule has 0 aliphatic heterocycles. The Labute approximate surface area is 209 Å². The molecule has 0 aliphatic carbocycles. The van der Waals surface area contributed by atoms with E-state index in [-0.39, 0.29) is 33.3 Å². The molecule has 9 nitrogen and oxygen atoms in total. The second-order valence-corrected chi connectivity index (χ2v) is 9.07. The summed E-state index contributed by atoms with van der Waals surface area (Å²) in [5.41, 5.74) is 15.7. The number of hydrogen-bond acceptors (Lipinski definition) is 7. The van der Waals surface area contributed by atoms with Gasteiger partial charge in [0.15, 0.2) is 0 Å². The van der Waals surface area contributed by atoms with Crippen molar-refractivity contribution in [3.63, 3.8) is 0 Å². The maximum Gasteiger partial charge on any atom is 0.273 e. The number of amides is 1. The normalized spacial score (nSPS) is 10.9. The Balaban J connectivity index is 1.58. The summed E-state index contributed by atoms with van der Waals surface area (Å²) in [6.45, 7) is 2.06. The first-order valence-corrected chi connectivity index (χ1v) is 11.9. The minimum absolute atomic E-state index is 0.0667. The van der Waals surface area contributed by atoms with Gasteiger partial charge in [-0.1, -0.05) is 49.4 Å². The number of nitriles is 1. The number of para-hydroxylation sites is 1. The Hall–Kier alpha value is -4.88. The molecule has 0 bridgehead atoms. The molecule has 0 unspecified atom stereocenters. The van der Waals surface area contributed by atoms with Gasteiger partial charge in [-0.3, -0.25) is 14.7 Å². The molecule has 3 heterocycles. The predicted molar refractivity (Wildman–Crippen MR) is 142 cm³/mol. The monoisotopic (exact) mass is 495 g/mol. The largest absolute Gasteiger partial charge is 0.397 e. The van der Waals surface area contributed by atoms with Gasteiger partial charge in [0.05, 0.1) is 11.4 Å². The van der Waals surface area contributed by atoms with Crippen LogP contribution < -0.4 is 22.3 Å². The van der Waals surface area contributed by atoms with E-state index < -0.39 is 5.91 Å². The molecule has 3 aromatic heterocycles. The Morgan fingerprint density at radius 1 is 1.17 bits per heavy atom. The number of H-pyrrole nitrogens is 1. The second kappa shape index (κ2) is 9.05. The van der Waals surface area contributed by atoms with Gasteiger partial charge in [-0.15, -0.1) is 11.3 Å². The number of nitrogens with two attached hydrogens (primary N) is 2. The van der Waals surface area contributed by atoms with E-state index in [2.05, 4.69) is 28.4 Å². The van der Waals surface area contributed by atoms with Crippen molar-refractivity contribution >= 4 is 44.8 Å². The van der Waals surface area contributed by atoms with E-state index in [4.69, 9.17) is 11.5 Å². The van der Waals surface area contributed by atoms with Crippen molar-refractivity contribution in [3.8, 4) is 22.9 Å². The lowest BCUT2D eigenvalue weighted by Crippen LogP contribution is -2.13. The highest BCUT2D eigenvalue weighted by Gasteiger charge is 2.24. The molecule has 10 heteroatoms. The van der Waals surface area contributed by atoms with E-state index in [1.165, 1.54) is 10.7 Å². The van der Waals surface area contributed by atoms with Crippen LogP contribution >= 0.6 is 11.3 Å². The number of aromatic amines is 1. The molecule has 6 N–H and O–H groups in total. The summed E-state index contributed by atoms with van der Waals surface area (Å²) >= 11 is 1.07. The van der Waals surface area contributed by atoms with Crippen LogP contribution in [-0.2, 0) is 6.42 Å². The fourth-order valence-corrected chi connectivity index (χ4v) is 5.06. The molecule has 0 saturated heterocycles. The summed E-state index contributed by atoms with van der Waals surface area (Å²) in [5.74, 6) is -0.232. The first-order chi connectivity index (χ1) is 17.4. The highest BCUT2D eigenvalue weighted by molar-refractivity contribution is 7.21. The number of anilines is 3. The van der Waals surface area contributed by atoms with Gasteiger partial charge >= 0.3 is 0 Å². The van der Waals surface area contributed by atoms with Gasteiger partial charge in [-0.2, -0.15) is 5.26 Å². The summed E-state index contributed by atoms with van der Waals surface area (Å²) in [6, 6.07) is 20.2. The van der Waals surface area contributed by atoms with Gasteiger partial charge in [-0.05, 0) is 29.7 Å². The van der Waals surface area contributed by atoms with Gasteiger partial charge in [-0.25, -0.2) is 9.67 Å². The van der Waals surface area contributed by atoms with Crippen molar-refractivity contribution in [2.45, 2.75) is 13.3 Å². The smallest absolute Gasteiger partial charge is 0.273 e. The number of benzene rings is 2. The van der Waals surface area contributed by atoms with Crippen molar-refractivity contribution in [1.82, 2.24) is 14.8 Å². The molecule has 0 aliphatic rings. The standard InChI is InChI=1S/C26H21N7O2S/c1-2-14-8-10-15(11-9-14)20-17(13-27)24(29)31-26-21(20)22(28)23(36-26)25(35)30-18-12-19(34)33(32-18)16-6-4-3-5-7-16/h3-12,32H,2,28H2,1H3,(H2,29,31)(H,30,35). The summed E-state index contributed by atoms with van der Waals surface area (Å²) in [4.78, 5) is 30.6. The van der Waals surface area contributed by atoms with E-state index in [1.54, 1.807) is 24.3 Å². The van der Waals surface area contributed by atoms with E-state index in [1.807, 2.05) is 30.3 Å². The zero-order valence-corrected chi connectivity index (χ0v) is 20.0. The van der Waals surface area contributed by atoms with Crippen molar-refractivity contribution < 1.29 is 4.79 Å². The number of hydrogen-bond donors (Lipinski definition) is 4. The van der Waals surface area contributed by atoms with Gasteiger partial charge in [0.2, 0.25) is 0 Å². The topological polar surface area (TPSA) is 156 Å². The Bertz CT molecular complexity index is 1710. The number of nitrogens with zero attached hydrogens (tertiary/aromatic N) is 3. The summed E-state index contributed by atoms with van der Waals surface area (Å²) < 4.78 is 1.32. The van der Waals surface area contributed by atoms with Crippen molar-refractivity contribution in [1.29, 1.82) is 5.26 Å². The van der Waals surface area contributed by atoms with E-state index in [0.29, 0.717) is 21.5 Å². The zero-order valence-electron chi connectivity index (χ0n) is 19.2. The first kappa shape index (κ1) is 22.9. The third-order valence-electron chi connectivity index (χ3n) is 5.86. The van der Waals surface area contributed by atoms with Crippen molar-refractivity contribution in [2.75, 3.05) is 16.8 Å². The van der Waals surface area contributed by atoms with E-state index in [9.17, 15) is 14.9 Å². The number of nitrogen functional groups attached to an aromatic ring is 2. The molecule has 178 valence electrons. The minimum atomic E-state index is -0.513. The van der Waals surface area contributed by atoms with E-state index >= 15 is 0 Å². The Morgan fingerprint density at radius 3 is 2.56 bits per heavy atom. The van der Waals surface area contributed by atoms with Crippen LogP contribution in [-0.4, -0.2) is 20.7 Å². The van der Waals surface area contributed by atoms with Gasteiger partial charge in [0, 0.05) is 17.0 Å². The highest BCUT2D eigenvalue weighted by Crippen LogP contribution is 2.42. The lowest BCUT2D eigenvalue weighted by Gasteiger charge is -2.10. The highest BCUT2D eigenvalue weighted by atomic mass is 32.1. The number of thiophene rings is 1. The van der Waals surface area contributed by atoms with Gasteiger partial charge in [0.1, 0.15) is 33.0 Å². The second-order valence-electron chi connectivity index (χ2n) is 8.07. The fraction of sp³-hybridized carbons (Fsp3) is 0.0769. The van der Waals surface area contributed by atoms with Crippen molar-refractivity contribution in [3.05, 3.63) is 87.0 Å². The number of carbonyl (C=O) groups is 1. The van der Waals surface area contributed by atoms with Gasteiger partial charge < -0.3 is 16.8 Å². The third-order valence-corrected chi connectivity index (χ3v) is 6.95. The van der Waals surface area contributed by atoms with Crippen LogP contribution in [0.4, 0.5) is 17.3 Å². The van der Waals surface area contributed by atoms with E-state index in [0.717, 1.165) is 28.9 Å². The van der Waals surface area contributed by atoms with Crippen LogP contribution in [0.25, 0.3) is 27.0 Å². The van der Waals surface area contributed by atoms with Crippen LogP contribution in [0.3, 0.4) is 0 Å². The Morgan fingerprint density at radius 2 is 1.89 bits per heavy atom.